The van der Waals surface area contributed by atoms with Crippen LogP contribution in [-0.4, -0.2) is 64.5 Å². The van der Waals surface area contributed by atoms with Gasteiger partial charge in [0.05, 0.1) is 29.8 Å². The van der Waals surface area contributed by atoms with Crippen LogP contribution < -0.4 is 9.47 Å². The maximum absolute atomic E-state index is 13.4. The summed E-state index contributed by atoms with van der Waals surface area (Å²) < 4.78 is 75.2. The molecule has 0 radical (unpaired) electrons. The van der Waals surface area contributed by atoms with E-state index in [1.54, 1.807) is 16.8 Å². The Labute approximate surface area is 241 Å². The fraction of sp³-hybridized carbons (Fsp3) is 0.483. The van der Waals surface area contributed by atoms with Crippen molar-refractivity contribution in [1.29, 1.82) is 0 Å². The van der Waals surface area contributed by atoms with Crippen LogP contribution in [-0.2, 0) is 10.0 Å². The van der Waals surface area contributed by atoms with Gasteiger partial charge < -0.3 is 14.5 Å². The molecule has 9 nitrogen and oxygen atoms in total. The average Bonchev–Trinajstić information content (AvgIpc) is 3.46. The Balaban J connectivity index is 1.03. The minimum Gasteiger partial charge on any atom is -0.493 e. The number of hydrogen-bond donors (Lipinski definition) is 1. The molecule has 1 aliphatic carbocycles. The van der Waals surface area contributed by atoms with Gasteiger partial charge in [0.2, 0.25) is 10.0 Å². The third-order valence-corrected chi connectivity index (χ3v) is 10.3. The Morgan fingerprint density at radius 2 is 1.71 bits per heavy atom. The minimum absolute atomic E-state index is 0.00108. The molecule has 1 unspecified atom stereocenters. The number of rotatable bonds is 8. The van der Waals surface area contributed by atoms with Crippen LogP contribution >= 0.6 is 0 Å². The highest BCUT2D eigenvalue weighted by Gasteiger charge is 2.34. The number of H-pyrrole nitrogens is 1. The molecule has 6 rings (SSSR count). The minimum atomic E-state index is -4.75. The van der Waals surface area contributed by atoms with Crippen molar-refractivity contribution in [2.45, 2.75) is 50.8 Å². The van der Waals surface area contributed by atoms with E-state index in [1.165, 1.54) is 24.3 Å². The Bertz CT molecular complexity index is 1640. The van der Waals surface area contributed by atoms with E-state index in [2.05, 4.69) is 24.7 Å². The first kappa shape index (κ1) is 28.7. The van der Waals surface area contributed by atoms with Crippen LogP contribution in [0.4, 0.5) is 13.2 Å². The lowest BCUT2D eigenvalue weighted by Gasteiger charge is -2.34. The molecule has 1 aliphatic heterocycles. The molecule has 0 bridgehead atoms. The largest absolute Gasteiger partial charge is 0.573 e. The molecule has 0 amide bonds. The van der Waals surface area contributed by atoms with Crippen molar-refractivity contribution in [2.75, 3.05) is 25.4 Å². The lowest BCUT2D eigenvalue weighted by molar-refractivity contribution is -0.274. The Morgan fingerprint density at radius 1 is 0.952 bits per heavy atom. The highest BCUT2D eigenvalue weighted by Crippen LogP contribution is 2.39. The molecule has 2 aliphatic rings. The Hall–Kier alpha value is -3.45. The standard InChI is InChI=1S/C29H32F3N5O4S/c30-29(31,32)41-23-9-7-22(8-10-23)40-16-20-2-1-13-37(15-20)42(38,39)17-19-3-5-21(6-4-19)27-26-24-11-12-33-28(24)34-14-25(26)35-18-36-27/h7-12,14,18-21H,1-6,13,15-17H2,(H,33,34). The zero-order valence-electron chi connectivity index (χ0n) is 22.9. The second-order valence-electron chi connectivity index (χ2n) is 11.2. The van der Waals surface area contributed by atoms with E-state index in [0.717, 1.165) is 66.2 Å². The van der Waals surface area contributed by atoms with Crippen molar-refractivity contribution in [3.05, 3.63) is 54.7 Å². The van der Waals surface area contributed by atoms with Crippen molar-refractivity contribution in [2.24, 2.45) is 11.8 Å². The number of nitrogens with one attached hydrogen (secondary N) is 1. The fourth-order valence-corrected chi connectivity index (χ4v) is 8.25. The molecular formula is C29H32F3N5O4S. The van der Waals surface area contributed by atoms with Gasteiger partial charge in [-0.1, -0.05) is 0 Å². The van der Waals surface area contributed by atoms with Gasteiger partial charge in [-0.05, 0) is 74.8 Å². The molecule has 1 saturated heterocycles. The maximum atomic E-state index is 13.4. The van der Waals surface area contributed by atoms with Gasteiger partial charge in [-0.25, -0.2) is 27.7 Å². The molecule has 1 aromatic carbocycles. The van der Waals surface area contributed by atoms with E-state index in [0.29, 0.717) is 18.8 Å². The zero-order valence-corrected chi connectivity index (χ0v) is 23.7. The number of pyridine rings is 1. The predicted molar refractivity (Wildman–Crippen MR) is 151 cm³/mol. The van der Waals surface area contributed by atoms with E-state index in [-0.39, 0.29) is 35.9 Å². The number of aromatic amines is 1. The van der Waals surface area contributed by atoms with E-state index in [1.807, 2.05) is 12.3 Å². The normalized spacial score (nSPS) is 22.4. The number of benzene rings is 1. The van der Waals surface area contributed by atoms with Gasteiger partial charge in [-0.3, -0.25) is 0 Å². The fourth-order valence-electron chi connectivity index (χ4n) is 6.26. The number of ether oxygens (including phenoxy) is 2. The average molecular weight is 604 g/mol. The van der Waals surface area contributed by atoms with E-state index in [4.69, 9.17) is 4.74 Å². The molecule has 42 heavy (non-hydrogen) atoms. The van der Waals surface area contributed by atoms with E-state index >= 15 is 0 Å². The van der Waals surface area contributed by atoms with Crippen LogP contribution in [0.1, 0.15) is 50.1 Å². The molecule has 1 saturated carbocycles. The molecule has 224 valence electrons. The zero-order chi connectivity index (χ0) is 29.3. The van der Waals surface area contributed by atoms with Crippen LogP contribution in [0.3, 0.4) is 0 Å². The first-order valence-corrected chi connectivity index (χ1v) is 15.8. The summed E-state index contributed by atoms with van der Waals surface area (Å²) in [5.41, 5.74) is 2.62. The molecule has 13 heteroatoms. The molecular weight excluding hydrogens is 571 g/mol. The van der Waals surface area contributed by atoms with Gasteiger partial charge in [0.1, 0.15) is 23.5 Å². The van der Waals surface area contributed by atoms with Gasteiger partial charge in [0, 0.05) is 41.9 Å². The van der Waals surface area contributed by atoms with Gasteiger partial charge in [0.15, 0.2) is 0 Å². The first-order chi connectivity index (χ1) is 20.1. The van der Waals surface area contributed by atoms with E-state index < -0.39 is 16.4 Å². The predicted octanol–water partition coefficient (Wildman–Crippen LogP) is 5.80. The number of sulfonamides is 1. The summed E-state index contributed by atoms with van der Waals surface area (Å²) in [5.74, 6) is 0.541. The topological polar surface area (TPSA) is 110 Å². The molecule has 2 fully saturated rings. The van der Waals surface area contributed by atoms with Crippen LogP contribution in [0, 0.1) is 11.8 Å². The molecule has 1 atom stereocenters. The van der Waals surface area contributed by atoms with Crippen molar-refractivity contribution >= 4 is 32.0 Å². The summed E-state index contributed by atoms with van der Waals surface area (Å²) in [5, 5.41) is 2.02. The molecule has 3 aromatic heterocycles. The number of nitrogens with zero attached hydrogens (tertiary/aromatic N) is 4. The molecule has 1 N–H and O–H groups in total. The van der Waals surface area contributed by atoms with Crippen LogP contribution in [0.5, 0.6) is 11.5 Å². The first-order valence-electron chi connectivity index (χ1n) is 14.2. The Morgan fingerprint density at radius 3 is 2.48 bits per heavy atom. The van der Waals surface area contributed by atoms with Gasteiger partial charge >= 0.3 is 6.36 Å². The number of aromatic nitrogens is 4. The second kappa shape index (κ2) is 11.7. The number of hydrogen-bond acceptors (Lipinski definition) is 7. The summed E-state index contributed by atoms with van der Waals surface area (Å²) in [6.45, 7) is 1.15. The smallest absolute Gasteiger partial charge is 0.493 e. The summed E-state index contributed by atoms with van der Waals surface area (Å²) in [7, 11) is -3.44. The third-order valence-electron chi connectivity index (χ3n) is 8.31. The number of piperidine rings is 1. The number of halogens is 3. The van der Waals surface area contributed by atoms with Crippen molar-refractivity contribution in [1.82, 2.24) is 24.2 Å². The van der Waals surface area contributed by atoms with Gasteiger partial charge in [0.25, 0.3) is 0 Å². The highest BCUT2D eigenvalue weighted by atomic mass is 32.2. The van der Waals surface area contributed by atoms with Crippen molar-refractivity contribution < 1.29 is 31.1 Å². The van der Waals surface area contributed by atoms with Crippen LogP contribution in [0.2, 0.25) is 0 Å². The van der Waals surface area contributed by atoms with Crippen molar-refractivity contribution in [3.8, 4) is 11.5 Å². The summed E-state index contributed by atoms with van der Waals surface area (Å²) >= 11 is 0. The summed E-state index contributed by atoms with van der Waals surface area (Å²) in [4.78, 5) is 16.6. The Kier molecular flexibility index (Phi) is 7.97. The molecule has 4 aromatic rings. The van der Waals surface area contributed by atoms with Crippen molar-refractivity contribution in [3.63, 3.8) is 0 Å². The number of fused-ring (bicyclic) bond motifs is 3. The highest BCUT2D eigenvalue weighted by molar-refractivity contribution is 7.89. The van der Waals surface area contributed by atoms with Crippen LogP contribution in [0.25, 0.3) is 21.9 Å². The van der Waals surface area contributed by atoms with Crippen LogP contribution in [0.15, 0.2) is 49.1 Å². The monoisotopic (exact) mass is 603 g/mol. The summed E-state index contributed by atoms with van der Waals surface area (Å²) in [6.07, 6.45) is 5.37. The third kappa shape index (κ3) is 6.46. The lowest BCUT2D eigenvalue weighted by atomic mass is 9.80. The maximum Gasteiger partial charge on any atom is 0.573 e. The SMILES string of the molecule is O=S(=O)(CC1CCC(c2ncnc3cnc4[nH]ccc4c23)CC1)N1CCCC(COc2ccc(OC(F)(F)F)cc2)C1. The number of alkyl halides is 3. The van der Waals surface area contributed by atoms with E-state index in [9.17, 15) is 21.6 Å². The quantitative estimate of drug-likeness (QED) is 0.271. The molecule has 4 heterocycles. The molecule has 0 spiro atoms. The second-order valence-corrected chi connectivity index (χ2v) is 13.2. The lowest BCUT2D eigenvalue weighted by Crippen LogP contribution is -2.43. The van der Waals surface area contributed by atoms with Gasteiger partial charge in [-0.15, -0.1) is 13.2 Å². The van der Waals surface area contributed by atoms with Gasteiger partial charge in [-0.2, -0.15) is 0 Å². The summed E-state index contributed by atoms with van der Waals surface area (Å²) in [6, 6.07) is 7.21.